The monoisotopic (exact) mass is 247 g/mol. The minimum absolute atomic E-state index is 0.103. The van der Waals surface area contributed by atoms with E-state index >= 15 is 0 Å². The van der Waals surface area contributed by atoms with Gasteiger partial charge in [0.1, 0.15) is 0 Å². The largest absolute Gasteiger partial charge is 0.396 e. The van der Waals surface area contributed by atoms with Crippen LogP contribution in [0.3, 0.4) is 0 Å². The highest BCUT2D eigenvalue weighted by atomic mass is 16.5. The summed E-state index contributed by atoms with van der Waals surface area (Å²) in [5.74, 6) is 0.491. The molecule has 0 fully saturated rings. The first-order chi connectivity index (χ1) is 7.93. The zero-order chi connectivity index (χ0) is 13.3. The van der Waals surface area contributed by atoms with E-state index in [1.807, 2.05) is 0 Å². The summed E-state index contributed by atoms with van der Waals surface area (Å²) >= 11 is 0. The first kappa shape index (κ1) is 16.8. The maximum atomic E-state index is 9.74. The Labute approximate surface area is 105 Å². The zero-order valence-electron chi connectivity index (χ0n) is 11.7. The van der Waals surface area contributed by atoms with Gasteiger partial charge in [-0.05, 0) is 25.7 Å². The summed E-state index contributed by atoms with van der Waals surface area (Å²) in [5, 5.41) is 22.0. The van der Waals surface area contributed by atoms with E-state index in [0.29, 0.717) is 32.1 Å². The number of ether oxygens (including phenoxy) is 1. The fourth-order valence-corrected chi connectivity index (χ4v) is 1.50. The Balaban J connectivity index is 3.76. The third-order valence-corrected chi connectivity index (χ3v) is 2.97. The van der Waals surface area contributed by atoms with Crippen LogP contribution in [-0.4, -0.2) is 48.2 Å². The summed E-state index contributed by atoms with van der Waals surface area (Å²) in [6.45, 7) is 10.0. The van der Waals surface area contributed by atoms with Gasteiger partial charge in [-0.25, -0.2) is 0 Å². The van der Waals surface area contributed by atoms with Gasteiger partial charge in [0.2, 0.25) is 0 Å². The Morgan fingerprint density at radius 3 is 2.41 bits per heavy atom. The second kappa shape index (κ2) is 8.86. The van der Waals surface area contributed by atoms with E-state index < -0.39 is 6.10 Å². The Bertz CT molecular complexity index is 188. The van der Waals surface area contributed by atoms with Crippen molar-refractivity contribution in [2.75, 3.05) is 26.4 Å². The first-order valence-corrected chi connectivity index (χ1v) is 6.55. The average Bonchev–Trinajstić information content (AvgIpc) is 2.26. The number of aliphatic hydroxyl groups is 2. The fraction of sp³-hybridized carbons (Fsp3) is 1.00. The van der Waals surface area contributed by atoms with E-state index in [9.17, 15) is 5.11 Å². The Morgan fingerprint density at radius 1 is 1.29 bits per heavy atom. The van der Waals surface area contributed by atoms with Crippen molar-refractivity contribution in [3.8, 4) is 0 Å². The van der Waals surface area contributed by atoms with Gasteiger partial charge >= 0.3 is 0 Å². The number of aliphatic hydroxyl groups excluding tert-OH is 2. The van der Waals surface area contributed by atoms with Crippen molar-refractivity contribution in [2.45, 2.75) is 52.2 Å². The second-order valence-electron chi connectivity index (χ2n) is 5.35. The molecule has 0 aromatic heterocycles. The van der Waals surface area contributed by atoms with Crippen molar-refractivity contribution in [3.63, 3.8) is 0 Å². The normalized spacial score (nSPS) is 17.1. The molecule has 3 N–H and O–H groups in total. The lowest BCUT2D eigenvalue weighted by Gasteiger charge is -2.30. The van der Waals surface area contributed by atoms with E-state index in [1.165, 1.54) is 0 Å². The van der Waals surface area contributed by atoms with Gasteiger partial charge in [0.15, 0.2) is 0 Å². The molecule has 0 bridgehead atoms. The average molecular weight is 247 g/mol. The van der Waals surface area contributed by atoms with E-state index in [2.05, 4.69) is 33.0 Å². The van der Waals surface area contributed by atoms with Crippen molar-refractivity contribution in [1.82, 2.24) is 5.32 Å². The molecule has 0 rings (SSSR count). The summed E-state index contributed by atoms with van der Waals surface area (Å²) in [4.78, 5) is 0. The first-order valence-electron chi connectivity index (χ1n) is 6.55. The molecule has 0 saturated heterocycles. The molecular weight excluding hydrogens is 218 g/mol. The van der Waals surface area contributed by atoms with Gasteiger partial charge in [-0.2, -0.15) is 0 Å². The van der Waals surface area contributed by atoms with Crippen LogP contribution < -0.4 is 5.32 Å². The predicted octanol–water partition coefficient (Wildman–Crippen LogP) is 1.16. The minimum atomic E-state index is -0.488. The molecular formula is C13H29NO3. The number of rotatable bonds is 10. The van der Waals surface area contributed by atoms with Crippen molar-refractivity contribution in [2.24, 2.45) is 5.92 Å². The van der Waals surface area contributed by atoms with Gasteiger partial charge < -0.3 is 20.3 Å². The molecule has 4 nitrogen and oxygen atoms in total. The molecule has 2 unspecified atom stereocenters. The molecule has 0 aliphatic rings. The van der Waals surface area contributed by atoms with E-state index in [1.54, 1.807) is 0 Å². The van der Waals surface area contributed by atoms with Gasteiger partial charge in [-0.15, -0.1) is 0 Å². The van der Waals surface area contributed by atoms with Crippen molar-refractivity contribution in [1.29, 1.82) is 0 Å². The highest BCUT2D eigenvalue weighted by molar-refractivity contribution is 4.82. The number of hydrogen-bond donors (Lipinski definition) is 3. The number of hydrogen-bond acceptors (Lipinski definition) is 4. The zero-order valence-corrected chi connectivity index (χ0v) is 11.7. The lowest BCUT2D eigenvalue weighted by atomic mass is 9.95. The molecule has 17 heavy (non-hydrogen) atoms. The SMILES string of the molecule is CCC(C)(CCO)NCC(O)COCC(C)C. The molecule has 4 heteroatoms. The fourth-order valence-electron chi connectivity index (χ4n) is 1.50. The Kier molecular flexibility index (Phi) is 8.78. The summed E-state index contributed by atoms with van der Waals surface area (Å²) in [6.07, 6.45) is 1.13. The van der Waals surface area contributed by atoms with Crippen LogP contribution in [0.4, 0.5) is 0 Å². The lowest BCUT2D eigenvalue weighted by Crippen LogP contribution is -2.46. The van der Waals surface area contributed by atoms with E-state index in [4.69, 9.17) is 9.84 Å². The maximum Gasteiger partial charge on any atom is 0.0897 e. The Hall–Kier alpha value is -0.160. The van der Waals surface area contributed by atoms with Crippen LogP contribution in [-0.2, 0) is 4.74 Å². The van der Waals surface area contributed by atoms with E-state index in [-0.39, 0.29) is 12.1 Å². The molecule has 0 saturated carbocycles. The third-order valence-electron chi connectivity index (χ3n) is 2.97. The minimum Gasteiger partial charge on any atom is -0.396 e. The van der Waals surface area contributed by atoms with Crippen LogP contribution in [0.5, 0.6) is 0 Å². The van der Waals surface area contributed by atoms with Gasteiger partial charge in [-0.1, -0.05) is 20.8 Å². The van der Waals surface area contributed by atoms with Crippen LogP contribution in [0, 0.1) is 5.92 Å². The summed E-state index contributed by atoms with van der Waals surface area (Å²) in [7, 11) is 0. The second-order valence-corrected chi connectivity index (χ2v) is 5.35. The molecule has 0 heterocycles. The Morgan fingerprint density at radius 2 is 1.94 bits per heavy atom. The topological polar surface area (TPSA) is 61.7 Å². The summed E-state index contributed by atoms with van der Waals surface area (Å²) in [5.41, 5.74) is -0.103. The maximum absolute atomic E-state index is 9.74. The molecule has 0 aromatic rings. The molecule has 0 amide bonds. The lowest BCUT2D eigenvalue weighted by molar-refractivity contribution is 0.0217. The van der Waals surface area contributed by atoms with Crippen LogP contribution in [0.1, 0.15) is 40.5 Å². The highest BCUT2D eigenvalue weighted by Gasteiger charge is 2.21. The molecule has 0 aromatic carbocycles. The molecule has 104 valence electrons. The van der Waals surface area contributed by atoms with Crippen LogP contribution in [0.15, 0.2) is 0 Å². The third kappa shape index (κ3) is 8.55. The standard InChI is InChI=1S/C13H29NO3/c1-5-13(4,6-7-15)14-8-12(16)10-17-9-11(2)3/h11-12,14-16H,5-10H2,1-4H3. The van der Waals surface area contributed by atoms with Crippen molar-refractivity contribution in [3.05, 3.63) is 0 Å². The van der Waals surface area contributed by atoms with Gasteiger partial charge in [-0.3, -0.25) is 0 Å². The molecule has 0 spiro atoms. The van der Waals surface area contributed by atoms with Crippen molar-refractivity contribution >= 4 is 0 Å². The smallest absolute Gasteiger partial charge is 0.0897 e. The van der Waals surface area contributed by atoms with E-state index in [0.717, 1.165) is 6.42 Å². The molecule has 2 atom stereocenters. The van der Waals surface area contributed by atoms with Gasteiger partial charge in [0, 0.05) is 25.3 Å². The number of nitrogens with one attached hydrogen (secondary N) is 1. The molecule has 0 aliphatic heterocycles. The van der Waals surface area contributed by atoms with Crippen molar-refractivity contribution < 1.29 is 14.9 Å². The van der Waals surface area contributed by atoms with Crippen LogP contribution >= 0.6 is 0 Å². The highest BCUT2D eigenvalue weighted by Crippen LogP contribution is 2.13. The number of β-amino-alcohol motifs (C(OH)–C–C–N with tert-alkyl or cyclic N) is 1. The van der Waals surface area contributed by atoms with Crippen LogP contribution in [0.25, 0.3) is 0 Å². The quantitative estimate of drug-likeness (QED) is 0.542. The van der Waals surface area contributed by atoms with Crippen LogP contribution in [0.2, 0.25) is 0 Å². The summed E-state index contributed by atoms with van der Waals surface area (Å²) in [6, 6.07) is 0. The summed E-state index contributed by atoms with van der Waals surface area (Å²) < 4.78 is 5.38. The predicted molar refractivity (Wildman–Crippen MR) is 70.1 cm³/mol. The van der Waals surface area contributed by atoms with Gasteiger partial charge in [0.25, 0.3) is 0 Å². The van der Waals surface area contributed by atoms with Gasteiger partial charge in [0.05, 0.1) is 12.7 Å². The molecule has 0 radical (unpaired) electrons. The molecule has 0 aliphatic carbocycles.